The van der Waals surface area contributed by atoms with E-state index in [2.05, 4.69) is 4.74 Å². The molecule has 0 spiro atoms. The third-order valence-corrected chi connectivity index (χ3v) is 1.30. The van der Waals surface area contributed by atoms with Crippen molar-refractivity contribution >= 4 is 18.2 Å². The lowest BCUT2D eigenvalue weighted by molar-refractivity contribution is -0.146. The van der Waals surface area contributed by atoms with E-state index >= 15 is 0 Å². The van der Waals surface area contributed by atoms with Gasteiger partial charge in [0, 0.05) is 7.05 Å². The van der Waals surface area contributed by atoms with Crippen molar-refractivity contribution in [1.29, 1.82) is 0 Å². The van der Waals surface area contributed by atoms with Crippen LogP contribution in [0.25, 0.3) is 0 Å². The molecule has 0 unspecified atom stereocenters. The lowest BCUT2D eigenvalue weighted by Gasteiger charge is -2.11. The Morgan fingerprint density at radius 3 is 2.50 bits per heavy atom. The van der Waals surface area contributed by atoms with E-state index in [0.29, 0.717) is 6.29 Å². The van der Waals surface area contributed by atoms with Gasteiger partial charge in [0.05, 0.1) is 13.7 Å². The van der Waals surface area contributed by atoms with Crippen molar-refractivity contribution in [3.05, 3.63) is 0 Å². The van der Waals surface area contributed by atoms with Crippen LogP contribution in [-0.4, -0.2) is 43.8 Å². The molecule has 0 N–H and O–H groups in total. The second-order valence-corrected chi connectivity index (χ2v) is 2.19. The third kappa shape index (κ3) is 3.70. The van der Waals surface area contributed by atoms with E-state index in [1.165, 1.54) is 14.2 Å². The number of likely N-dealkylation sites (N-methyl/N-ethyl adjacent to an activating group) is 1. The summed E-state index contributed by atoms with van der Waals surface area (Å²) in [6, 6.07) is 0. The van der Waals surface area contributed by atoms with Crippen LogP contribution < -0.4 is 0 Å². The molecule has 0 aromatic rings. The molecule has 0 aliphatic heterocycles. The summed E-state index contributed by atoms with van der Waals surface area (Å²) in [6.07, 6.45) is 0.274. The fourth-order valence-electron chi connectivity index (χ4n) is 0.544. The van der Waals surface area contributed by atoms with Gasteiger partial charge in [-0.2, -0.15) is 0 Å². The highest BCUT2D eigenvalue weighted by Crippen LogP contribution is 1.91. The Labute approximate surface area is 70.3 Å². The lowest BCUT2D eigenvalue weighted by Crippen LogP contribution is -2.30. The standard InChI is InChI=1S/C7H11NO4/c1-8(3-4-9)6(10)5-7(11)12-2/h4H,3,5H2,1-2H3. The molecule has 5 nitrogen and oxygen atoms in total. The minimum absolute atomic E-state index is 0.00414. The molecule has 0 aliphatic carbocycles. The molecule has 68 valence electrons. The molecular formula is C7H11NO4. The molecule has 0 rings (SSSR count). The molecule has 0 fully saturated rings. The number of methoxy groups -OCH3 is 1. The number of nitrogens with zero attached hydrogens (tertiary/aromatic N) is 1. The zero-order chi connectivity index (χ0) is 9.56. The van der Waals surface area contributed by atoms with Crippen LogP contribution >= 0.6 is 0 Å². The molecule has 0 saturated carbocycles. The Morgan fingerprint density at radius 2 is 2.08 bits per heavy atom. The second kappa shape index (κ2) is 5.29. The van der Waals surface area contributed by atoms with Crippen molar-refractivity contribution in [3.63, 3.8) is 0 Å². The normalized spacial score (nSPS) is 8.83. The number of carbonyl (C=O) groups excluding carboxylic acids is 3. The first-order chi connectivity index (χ1) is 5.61. The second-order valence-electron chi connectivity index (χ2n) is 2.19. The average molecular weight is 173 g/mol. The molecule has 0 aliphatic rings. The molecule has 0 aromatic carbocycles. The van der Waals surface area contributed by atoms with Gasteiger partial charge in [-0.15, -0.1) is 0 Å². The summed E-state index contributed by atoms with van der Waals surface area (Å²) in [6.45, 7) is -0.00414. The van der Waals surface area contributed by atoms with Gasteiger partial charge in [-0.25, -0.2) is 0 Å². The summed E-state index contributed by atoms with van der Waals surface area (Å²) >= 11 is 0. The van der Waals surface area contributed by atoms with Gasteiger partial charge in [-0.1, -0.05) is 0 Å². The molecule has 1 amide bonds. The summed E-state index contributed by atoms with van der Waals surface area (Å²) in [5.74, 6) is -1.02. The maximum atomic E-state index is 11.0. The van der Waals surface area contributed by atoms with Crippen molar-refractivity contribution in [2.45, 2.75) is 6.42 Å². The Morgan fingerprint density at radius 1 is 1.50 bits per heavy atom. The van der Waals surface area contributed by atoms with Crippen molar-refractivity contribution in [2.24, 2.45) is 0 Å². The van der Waals surface area contributed by atoms with Crippen LogP contribution in [-0.2, 0) is 19.1 Å². The fourth-order valence-corrected chi connectivity index (χ4v) is 0.544. The summed E-state index contributed by atoms with van der Waals surface area (Å²) in [4.78, 5) is 32.7. The van der Waals surface area contributed by atoms with E-state index in [-0.39, 0.29) is 13.0 Å². The molecule has 0 bridgehead atoms. The van der Waals surface area contributed by atoms with E-state index in [4.69, 9.17) is 0 Å². The van der Waals surface area contributed by atoms with Crippen LogP contribution in [0.4, 0.5) is 0 Å². The van der Waals surface area contributed by atoms with Crippen molar-refractivity contribution in [1.82, 2.24) is 4.90 Å². The summed E-state index contributed by atoms with van der Waals surface area (Å²) < 4.78 is 4.27. The van der Waals surface area contributed by atoms with Crippen LogP contribution in [0.5, 0.6) is 0 Å². The quantitative estimate of drug-likeness (QED) is 0.317. The predicted molar refractivity (Wildman–Crippen MR) is 40.3 cm³/mol. The number of hydrogen-bond donors (Lipinski definition) is 0. The van der Waals surface area contributed by atoms with Gasteiger partial charge in [-0.05, 0) is 0 Å². The maximum Gasteiger partial charge on any atom is 0.315 e. The van der Waals surface area contributed by atoms with E-state index in [9.17, 15) is 14.4 Å². The zero-order valence-electron chi connectivity index (χ0n) is 7.07. The maximum absolute atomic E-state index is 11.0. The van der Waals surface area contributed by atoms with Crippen LogP contribution in [0.15, 0.2) is 0 Å². The SMILES string of the molecule is COC(=O)CC(=O)N(C)CC=O. The minimum atomic E-state index is -0.599. The van der Waals surface area contributed by atoms with Gasteiger partial charge in [0.25, 0.3) is 0 Å². The van der Waals surface area contributed by atoms with Crippen LogP contribution in [0.1, 0.15) is 6.42 Å². The van der Waals surface area contributed by atoms with Crippen molar-refractivity contribution in [3.8, 4) is 0 Å². The number of carbonyl (C=O) groups is 3. The lowest BCUT2D eigenvalue weighted by atomic mass is 10.4. The highest BCUT2D eigenvalue weighted by Gasteiger charge is 2.12. The van der Waals surface area contributed by atoms with Gasteiger partial charge in [-0.3, -0.25) is 9.59 Å². The number of aldehydes is 1. The smallest absolute Gasteiger partial charge is 0.315 e. The average Bonchev–Trinajstić information content (AvgIpc) is 2.04. The highest BCUT2D eigenvalue weighted by molar-refractivity contribution is 5.94. The van der Waals surface area contributed by atoms with Gasteiger partial charge >= 0.3 is 5.97 Å². The van der Waals surface area contributed by atoms with E-state index < -0.39 is 11.9 Å². The van der Waals surface area contributed by atoms with E-state index in [1.54, 1.807) is 0 Å². The van der Waals surface area contributed by atoms with Crippen molar-refractivity contribution in [2.75, 3.05) is 20.7 Å². The van der Waals surface area contributed by atoms with Crippen LogP contribution in [0.2, 0.25) is 0 Å². The highest BCUT2D eigenvalue weighted by atomic mass is 16.5. The van der Waals surface area contributed by atoms with Gasteiger partial charge in [0.2, 0.25) is 5.91 Å². The first-order valence-electron chi connectivity index (χ1n) is 3.36. The molecule has 5 heteroatoms. The summed E-state index contributed by atoms with van der Waals surface area (Å²) in [5, 5.41) is 0. The predicted octanol–water partition coefficient (Wildman–Crippen LogP) is -0.793. The number of esters is 1. The van der Waals surface area contributed by atoms with E-state index in [1.807, 2.05) is 0 Å². The Kier molecular flexibility index (Phi) is 4.67. The summed E-state index contributed by atoms with van der Waals surface area (Å²) in [5.41, 5.74) is 0. The number of rotatable bonds is 4. The molecule has 0 aromatic heterocycles. The van der Waals surface area contributed by atoms with E-state index in [0.717, 1.165) is 4.90 Å². The molecule has 0 atom stereocenters. The number of amides is 1. The third-order valence-electron chi connectivity index (χ3n) is 1.30. The van der Waals surface area contributed by atoms with Gasteiger partial charge in [0.1, 0.15) is 12.7 Å². The topological polar surface area (TPSA) is 63.7 Å². The monoisotopic (exact) mass is 173 g/mol. The molecule has 0 radical (unpaired) electrons. The zero-order valence-corrected chi connectivity index (χ0v) is 7.07. The molecule has 12 heavy (non-hydrogen) atoms. The molecule has 0 heterocycles. The van der Waals surface area contributed by atoms with Crippen molar-refractivity contribution < 1.29 is 19.1 Å². The first kappa shape index (κ1) is 10.6. The Bertz CT molecular complexity index is 190. The fraction of sp³-hybridized carbons (Fsp3) is 0.571. The Balaban J connectivity index is 3.86. The first-order valence-corrected chi connectivity index (χ1v) is 3.36. The van der Waals surface area contributed by atoms with Gasteiger partial charge < -0.3 is 14.4 Å². The number of ether oxygens (including phenoxy) is 1. The molecule has 0 saturated heterocycles. The van der Waals surface area contributed by atoms with Crippen LogP contribution in [0.3, 0.4) is 0 Å². The largest absolute Gasteiger partial charge is 0.469 e. The van der Waals surface area contributed by atoms with Gasteiger partial charge in [0.15, 0.2) is 0 Å². The van der Waals surface area contributed by atoms with Crippen LogP contribution in [0, 0.1) is 0 Å². The molecular weight excluding hydrogens is 162 g/mol. The summed E-state index contributed by atoms with van der Waals surface area (Å²) in [7, 11) is 2.65. The minimum Gasteiger partial charge on any atom is -0.469 e. The Hall–Kier alpha value is -1.39. The number of hydrogen-bond acceptors (Lipinski definition) is 4.